The Bertz CT molecular complexity index is 902. The first-order chi connectivity index (χ1) is 13.9. The second-order valence-corrected chi connectivity index (χ2v) is 8.86. The minimum Gasteiger partial charge on any atom is -0.496 e. The van der Waals surface area contributed by atoms with E-state index in [2.05, 4.69) is 24.8 Å². The first kappa shape index (κ1) is 20.5. The minimum atomic E-state index is -1.33. The van der Waals surface area contributed by atoms with Gasteiger partial charge in [0.2, 0.25) is 0 Å². The highest BCUT2D eigenvalue weighted by molar-refractivity contribution is 6.32. The summed E-state index contributed by atoms with van der Waals surface area (Å²) in [5, 5.41) is 0.519. The van der Waals surface area contributed by atoms with Crippen molar-refractivity contribution < 1.29 is 13.9 Å². The van der Waals surface area contributed by atoms with Crippen LogP contribution < -0.4 is 9.47 Å². The zero-order valence-electron chi connectivity index (χ0n) is 17.6. The Morgan fingerprint density at radius 3 is 2.28 bits per heavy atom. The summed E-state index contributed by atoms with van der Waals surface area (Å²) in [6, 6.07) is 10.0. The molecule has 0 saturated carbocycles. The molecule has 0 amide bonds. The van der Waals surface area contributed by atoms with Gasteiger partial charge in [0.15, 0.2) is 0 Å². The number of halogens is 2. The fourth-order valence-corrected chi connectivity index (χ4v) is 5.35. The molecule has 2 aliphatic heterocycles. The van der Waals surface area contributed by atoms with E-state index in [1.807, 2.05) is 12.1 Å². The van der Waals surface area contributed by atoms with Crippen LogP contribution in [0.1, 0.15) is 47.9 Å². The summed E-state index contributed by atoms with van der Waals surface area (Å²) in [5.41, 5.74) is 3.11. The molecule has 3 nitrogen and oxygen atoms in total. The highest BCUT2D eigenvalue weighted by Gasteiger charge is 2.49. The molecule has 5 heteroatoms. The third-order valence-corrected chi connectivity index (χ3v) is 7.29. The molecule has 156 valence electrons. The lowest BCUT2D eigenvalue weighted by molar-refractivity contribution is 0.00365. The lowest BCUT2D eigenvalue weighted by Gasteiger charge is -2.43. The monoisotopic (exact) mass is 417 g/mol. The van der Waals surface area contributed by atoms with Crippen molar-refractivity contribution in [2.75, 3.05) is 14.2 Å². The zero-order chi connectivity index (χ0) is 20.8. The van der Waals surface area contributed by atoms with E-state index >= 15 is 4.39 Å². The molecule has 2 aromatic rings. The SMILES string of the molecule is COc1cc(C2(F)CC3CCC(C2)N3Cc2ccc(OC)c(C)c2C)ccc1Cl. The third-order valence-electron chi connectivity index (χ3n) is 6.98. The van der Waals surface area contributed by atoms with Crippen molar-refractivity contribution >= 4 is 11.6 Å². The molecule has 2 atom stereocenters. The van der Waals surface area contributed by atoms with Gasteiger partial charge in [-0.2, -0.15) is 0 Å². The predicted molar refractivity (Wildman–Crippen MR) is 115 cm³/mol. The molecule has 2 heterocycles. The van der Waals surface area contributed by atoms with Crippen LogP contribution in [0, 0.1) is 13.8 Å². The van der Waals surface area contributed by atoms with Crippen LogP contribution in [0.15, 0.2) is 30.3 Å². The van der Waals surface area contributed by atoms with Crippen molar-refractivity contribution in [3.8, 4) is 11.5 Å². The van der Waals surface area contributed by atoms with E-state index < -0.39 is 5.67 Å². The summed E-state index contributed by atoms with van der Waals surface area (Å²) in [4.78, 5) is 2.51. The largest absolute Gasteiger partial charge is 0.496 e. The van der Waals surface area contributed by atoms with Gasteiger partial charge in [0.25, 0.3) is 0 Å². The average Bonchev–Trinajstić information content (AvgIpc) is 2.95. The number of methoxy groups -OCH3 is 2. The molecule has 0 aromatic heterocycles. The number of rotatable bonds is 5. The highest BCUT2D eigenvalue weighted by atomic mass is 35.5. The van der Waals surface area contributed by atoms with Crippen LogP contribution >= 0.6 is 11.6 Å². The number of piperidine rings is 1. The van der Waals surface area contributed by atoms with Gasteiger partial charge >= 0.3 is 0 Å². The van der Waals surface area contributed by atoms with Crippen molar-refractivity contribution in [1.82, 2.24) is 4.90 Å². The topological polar surface area (TPSA) is 21.7 Å². The molecule has 2 aromatic carbocycles. The van der Waals surface area contributed by atoms with Crippen LogP contribution in [-0.2, 0) is 12.2 Å². The number of nitrogens with zero attached hydrogens (tertiary/aromatic N) is 1. The quantitative estimate of drug-likeness (QED) is 0.598. The number of fused-ring (bicyclic) bond motifs is 2. The summed E-state index contributed by atoms with van der Waals surface area (Å²) < 4.78 is 26.9. The molecule has 0 radical (unpaired) electrons. The lowest BCUT2D eigenvalue weighted by atomic mass is 9.81. The second kappa shape index (κ2) is 7.81. The van der Waals surface area contributed by atoms with E-state index in [0.717, 1.165) is 25.1 Å². The minimum absolute atomic E-state index is 0.252. The van der Waals surface area contributed by atoms with Crippen molar-refractivity contribution in [2.45, 2.75) is 63.8 Å². The molecule has 2 unspecified atom stereocenters. The van der Waals surface area contributed by atoms with Crippen LogP contribution in [0.25, 0.3) is 0 Å². The Labute approximate surface area is 177 Å². The first-order valence-electron chi connectivity index (χ1n) is 10.3. The van der Waals surface area contributed by atoms with Gasteiger partial charge in [-0.1, -0.05) is 23.7 Å². The van der Waals surface area contributed by atoms with Crippen LogP contribution in [0.5, 0.6) is 11.5 Å². The Kier molecular flexibility index (Phi) is 5.52. The molecule has 0 spiro atoms. The van der Waals surface area contributed by atoms with Crippen LogP contribution in [0.4, 0.5) is 4.39 Å². The molecule has 2 fully saturated rings. The van der Waals surface area contributed by atoms with Gasteiger partial charge in [0.1, 0.15) is 17.2 Å². The maximum absolute atomic E-state index is 16.1. The average molecular weight is 418 g/mol. The normalized spacial score (nSPS) is 26.6. The first-order valence-corrected chi connectivity index (χ1v) is 10.7. The smallest absolute Gasteiger partial charge is 0.139 e. The predicted octanol–water partition coefficient (Wildman–Crippen LogP) is 5.97. The summed E-state index contributed by atoms with van der Waals surface area (Å²) in [7, 11) is 3.28. The maximum atomic E-state index is 16.1. The number of ether oxygens (including phenoxy) is 2. The molecule has 0 N–H and O–H groups in total. The molecule has 29 heavy (non-hydrogen) atoms. The standard InChI is InChI=1S/C24H29ClFNO2/c1-15-16(2)22(28-3)10-5-17(15)14-27-19-7-8-20(27)13-24(26,12-19)18-6-9-21(25)23(11-18)29-4/h5-6,9-11,19-20H,7-8,12-14H2,1-4H3. The van der Waals surface area contributed by atoms with Crippen molar-refractivity contribution in [2.24, 2.45) is 0 Å². The van der Waals surface area contributed by atoms with Crippen LogP contribution in [0.2, 0.25) is 5.02 Å². The third kappa shape index (κ3) is 3.62. The molecular weight excluding hydrogens is 389 g/mol. The number of hydrogen-bond donors (Lipinski definition) is 0. The van der Waals surface area contributed by atoms with Gasteiger partial charge in [-0.15, -0.1) is 0 Å². The van der Waals surface area contributed by atoms with Crippen molar-refractivity contribution in [3.05, 3.63) is 57.6 Å². The molecule has 2 saturated heterocycles. The lowest BCUT2D eigenvalue weighted by Crippen LogP contribution is -2.47. The molecular formula is C24H29ClFNO2. The Hall–Kier alpha value is -1.78. The Morgan fingerprint density at radius 2 is 1.66 bits per heavy atom. The van der Waals surface area contributed by atoms with Crippen molar-refractivity contribution in [1.29, 1.82) is 0 Å². The van der Waals surface area contributed by atoms with Crippen molar-refractivity contribution in [3.63, 3.8) is 0 Å². The molecule has 0 aliphatic carbocycles. The number of alkyl halides is 1. The van der Waals surface area contributed by atoms with E-state index in [9.17, 15) is 0 Å². The fraction of sp³-hybridized carbons (Fsp3) is 0.500. The fourth-order valence-electron chi connectivity index (χ4n) is 5.16. The van der Waals surface area contributed by atoms with Gasteiger partial charge in [0, 0.05) is 31.5 Å². The van der Waals surface area contributed by atoms with E-state index in [0.29, 0.717) is 29.2 Å². The van der Waals surface area contributed by atoms with Gasteiger partial charge in [-0.25, -0.2) is 4.39 Å². The van der Waals surface area contributed by atoms with Crippen LogP contribution in [0.3, 0.4) is 0 Å². The maximum Gasteiger partial charge on any atom is 0.139 e. The second-order valence-electron chi connectivity index (χ2n) is 8.46. The van der Waals surface area contributed by atoms with Gasteiger partial charge < -0.3 is 9.47 Å². The molecule has 4 rings (SSSR count). The number of hydrogen-bond acceptors (Lipinski definition) is 3. The number of benzene rings is 2. The summed E-state index contributed by atoms with van der Waals surface area (Å²) in [6.07, 6.45) is 3.13. The van der Waals surface area contributed by atoms with E-state index in [-0.39, 0.29) is 12.1 Å². The Balaban J connectivity index is 1.56. The van der Waals surface area contributed by atoms with E-state index in [4.69, 9.17) is 21.1 Å². The molecule has 2 bridgehead atoms. The summed E-state index contributed by atoms with van der Waals surface area (Å²) >= 11 is 6.15. The summed E-state index contributed by atoms with van der Waals surface area (Å²) in [5.74, 6) is 1.47. The van der Waals surface area contributed by atoms with E-state index in [1.54, 1.807) is 26.4 Å². The zero-order valence-corrected chi connectivity index (χ0v) is 18.4. The summed E-state index contributed by atoms with van der Waals surface area (Å²) in [6.45, 7) is 5.12. The highest BCUT2D eigenvalue weighted by Crippen LogP contribution is 2.49. The van der Waals surface area contributed by atoms with Gasteiger partial charge in [-0.05, 0) is 67.1 Å². The Morgan fingerprint density at radius 1 is 1.00 bits per heavy atom. The van der Waals surface area contributed by atoms with E-state index in [1.165, 1.54) is 16.7 Å². The van der Waals surface area contributed by atoms with Gasteiger partial charge in [0.05, 0.1) is 19.2 Å². The van der Waals surface area contributed by atoms with Gasteiger partial charge in [-0.3, -0.25) is 4.90 Å². The molecule has 2 aliphatic rings. The van der Waals surface area contributed by atoms with Crippen LogP contribution in [-0.4, -0.2) is 31.2 Å².